The van der Waals surface area contributed by atoms with Crippen LogP contribution in [-0.2, 0) is 4.74 Å². The maximum Gasteiger partial charge on any atom is 0.0657 e. The Morgan fingerprint density at radius 3 is 2.76 bits per heavy atom. The molecule has 0 aromatic carbocycles. The van der Waals surface area contributed by atoms with Gasteiger partial charge >= 0.3 is 0 Å². The van der Waals surface area contributed by atoms with Gasteiger partial charge < -0.3 is 10.1 Å². The first-order valence-corrected chi connectivity index (χ1v) is 7.36. The molecule has 0 aromatic rings. The number of ether oxygens (including phenoxy) is 1. The Labute approximate surface area is 107 Å². The van der Waals surface area contributed by atoms with Crippen LogP contribution in [0.2, 0.25) is 0 Å². The van der Waals surface area contributed by atoms with Crippen molar-refractivity contribution in [2.45, 2.75) is 59.0 Å². The Kier molecular flexibility index (Phi) is 3.84. The summed E-state index contributed by atoms with van der Waals surface area (Å²) in [4.78, 5) is 0. The third-order valence-electron chi connectivity index (χ3n) is 5.28. The molecule has 0 radical (unpaired) electrons. The summed E-state index contributed by atoms with van der Waals surface area (Å²) in [5.41, 5.74) is 0.672. The second-order valence-corrected chi connectivity index (χ2v) is 6.75. The van der Waals surface area contributed by atoms with Crippen molar-refractivity contribution in [2.75, 3.05) is 19.7 Å². The molecule has 2 saturated heterocycles. The summed E-state index contributed by atoms with van der Waals surface area (Å²) >= 11 is 0. The highest BCUT2D eigenvalue weighted by molar-refractivity contribution is 4.99. The number of rotatable bonds is 2. The first kappa shape index (κ1) is 13.4. The van der Waals surface area contributed by atoms with Gasteiger partial charge in [0.2, 0.25) is 0 Å². The molecule has 1 spiro atoms. The molecule has 17 heavy (non-hydrogen) atoms. The van der Waals surface area contributed by atoms with Crippen LogP contribution in [0.4, 0.5) is 0 Å². The molecule has 2 nitrogen and oxygen atoms in total. The van der Waals surface area contributed by atoms with Gasteiger partial charge in [0.05, 0.1) is 5.60 Å². The highest BCUT2D eigenvalue weighted by Gasteiger charge is 2.48. The minimum absolute atomic E-state index is 0.128. The van der Waals surface area contributed by atoms with Crippen LogP contribution in [-0.4, -0.2) is 25.3 Å². The molecule has 2 rings (SSSR count). The van der Waals surface area contributed by atoms with Gasteiger partial charge in [-0.25, -0.2) is 0 Å². The Balaban J connectivity index is 2.19. The Bertz CT molecular complexity index is 262. The fraction of sp³-hybridized carbons (Fsp3) is 1.00. The van der Waals surface area contributed by atoms with Crippen LogP contribution in [0.1, 0.15) is 53.4 Å². The van der Waals surface area contributed by atoms with Crippen molar-refractivity contribution >= 4 is 0 Å². The van der Waals surface area contributed by atoms with Crippen LogP contribution >= 0.6 is 0 Å². The van der Waals surface area contributed by atoms with Gasteiger partial charge in [-0.2, -0.15) is 0 Å². The van der Waals surface area contributed by atoms with Gasteiger partial charge in [0, 0.05) is 6.61 Å². The third kappa shape index (κ3) is 2.53. The molecular weight excluding hydrogens is 210 g/mol. The molecule has 100 valence electrons. The van der Waals surface area contributed by atoms with Crippen molar-refractivity contribution in [3.8, 4) is 0 Å². The van der Waals surface area contributed by atoms with Crippen molar-refractivity contribution in [2.24, 2.45) is 17.3 Å². The number of hydrogen-bond donors (Lipinski definition) is 1. The SMILES string of the molecule is CCC1(C)CC2(CCNCC2C(C)C)CCO1. The van der Waals surface area contributed by atoms with Gasteiger partial charge in [0.15, 0.2) is 0 Å². The fourth-order valence-electron chi connectivity index (χ4n) is 4.08. The average Bonchev–Trinajstić information content (AvgIpc) is 2.29. The topological polar surface area (TPSA) is 21.3 Å². The number of nitrogens with one attached hydrogen (secondary N) is 1. The molecule has 2 heterocycles. The van der Waals surface area contributed by atoms with Crippen LogP contribution in [0, 0.1) is 17.3 Å². The molecule has 2 aliphatic heterocycles. The molecule has 2 aliphatic rings. The first-order valence-electron chi connectivity index (χ1n) is 7.36. The molecule has 3 atom stereocenters. The lowest BCUT2D eigenvalue weighted by molar-refractivity contribution is -0.146. The molecule has 0 aromatic heterocycles. The summed E-state index contributed by atoms with van der Waals surface area (Å²) in [6, 6.07) is 0. The molecule has 0 saturated carbocycles. The highest BCUT2D eigenvalue weighted by Crippen LogP contribution is 2.51. The summed E-state index contributed by atoms with van der Waals surface area (Å²) in [5.74, 6) is 1.60. The minimum atomic E-state index is 0.128. The van der Waals surface area contributed by atoms with E-state index >= 15 is 0 Å². The summed E-state index contributed by atoms with van der Waals surface area (Å²) in [7, 11) is 0. The predicted octanol–water partition coefficient (Wildman–Crippen LogP) is 3.22. The standard InChI is InChI=1S/C15H29NO/c1-5-14(4)11-15(7-9-17-14)6-8-16-10-13(15)12(2)3/h12-13,16H,5-11H2,1-4H3. The van der Waals surface area contributed by atoms with Crippen LogP contribution < -0.4 is 5.32 Å². The lowest BCUT2D eigenvalue weighted by Gasteiger charge is -2.53. The van der Waals surface area contributed by atoms with Crippen molar-refractivity contribution in [1.29, 1.82) is 0 Å². The maximum absolute atomic E-state index is 6.05. The van der Waals surface area contributed by atoms with E-state index in [0.29, 0.717) is 5.41 Å². The lowest BCUT2D eigenvalue weighted by atomic mass is 9.59. The summed E-state index contributed by atoms with van der Waals surface area (Å²) in [6.45, 7) is 12.7. The molecule has 2 heteroatoms. The van der Waals surface area contributed by atoms with Gasteiger partial charge in [0.25, 0.3) is 0 Å². The summed E-state index contributed by atoms with van der Waals surface area (Å²) in [6.07, 6.45) is 5.02. The second kappa shape index (κ2) is 4.89. The van der Waals surface area contributed by atoms with E-state index in [-0.39, 0.29) is 5.60 Å². The predicted molar refractivity (Wildman–Crippen MR) is 72.1 cm³/mol. The van der Waals surface area contributed by atoms with E-state index < -0.39 is 0 Å². The molecule has 0 amide bonds. The largest absolute Gasteiger partial charge is 0.375 e. The van der Waals surface area contributed by atoms with E-state index in [9.17, 15) is 0 Å². The van der Waals surface area contributed by atoms with Crippen molar-refractivity contribution in [3.05, 3.63) is 0 Å². The smallest absolute Gasteiger partial charge is 0.0657 e. The van der Waals surface area contributed by atoms with Crippen LogP contribution in [0.5, 0.6) is 0 Å². The van der Waals surface area contributed by atoms with E-state index in [1.165, 1.54) is 32.4 Å². The first-order chi connectivity index (χ1) is 8.01. The van der Waals surface area contributed by atoms with Crippen molar-refractivity contribution in [1.82, 2.24) is 5.32 Å². The number of hydrogen-bond acceptors (Lipinski definition) is 2. The zero-order chi connectivity index (χ0) is 12.5. The lowest BCUT2D eigenvalue weighted by Crippen LogP contribution is -2.54. The summed E-state index contributed by atoms with van der Waals surface area (Å²) in [5, 5.41) is 3.59. The average molecular weight is 239 g/mol. The van der Waals surface area contributed by atoms with E-state index in [4.69, 9.17) is 4.74 Å². The monoisotopic (exact) mass is 239 g/mol. The van der Waals surface area contributed by atoms with Gasteiger partial charge in [-0.1, -0.05) is 20.8 Å². The maximum atomic E-state index is 6.05. The van der Waals surface area contributed by atoms with E-state index in [2.05, 4.69) is 33.0 Å². The Morgan fingerprint density at radius 2 is 2.12 bits per heavy atom. The number of piperidine rings is 1. The van der Waals surface area contributed by atoms with Gasteiger partial charge in [-0.15, -0.1) is 0 Å². The van der Waals surface area contributed by atoms with Crippen LogP contribution in [0.15, 0.2) is 0 Å². The molecular formula is C15H29NO. The molecule has 1 N–H and O–H groups in total. The van der Waals surface area contributed by atoms with Crippen LogP contribution in [0.25, 0.3) is 0 Å². The van der Waals surface area contributed by atoms with E-state index in [0.717, 1.165) is 24.9 Å². The minimum Gasteiger partial charge on any atom is -0.375 e. The van der Waals surface area contributed by atoms with E-state index in [1.807, 2.05) is 0 Å². The Morgan fingerprint density at radius 1 is 1.35 bits per heavy atom. The second-order valence-electron chi connectivity index (χ2n) is 6.75. The zero-order valence-corrected chi connectivity index (χ0v) is 12.0. The van der Waals surface area contributed by atoms with Gasteiger partial charge in [-0.3, -0.25) is 0 Å². The highest BCUT2D eigenvalue weighted by atomic mass is 16.5. The molecule has 0 bridgehead atoms. The third-order valence-corrected chi connectivity index (χ3v) is 5.28. The van der Waals surface area contributed by atoms with Gasteiger partial charge in [0.1, 0.15) is 0 Å². The Hall–Kier alpha value is -0.0800. The molecule has 2 fully saturated rings. The van der Waals surface area contributed by atoms with E-state index in [1.54, 1.807) is 0 Å². The normalized spacial score (nSPS) is 43.2. The molecule has 3 unspecified atom stereocenters. The molecule has 0 aliphatic carbocycles. The van der Waals surface area contributed by atoms with Gasteiger partial charge in [-0.05, 0) is 62.9 Å². The van der Waals surface area contributed by atoms with Crippen LogP contribution in [0.3, 0.4) is 0 Å². The van der Waals surface area contributed by atoms with Crippen molar-refractivity contribution < 1.29 is 4.74 Å². The zero-order valence-electron chi connectivity index (χ0n) is 12.0. The quantitative estimate of drug-likeness (QED) is 0.799. The summed E-state index contributed by atoms with van der Waals surface area (Å²) < 4.78 is 6.05. The fourth-order valence-corrected chi connectivity index (χ4v) is 4.08. The van der Waals surface area contributed by atoms with Crippen molar-refractivity contribution in [3.63, 3.8) is 0 Å².